The van der Waals surface area contributed by atoms with Crippen molar-refractivity contribution in [2.24, 2.45) is 0 Å². The highest BCUT2D eigenvalue weighted by molar-refractivity contribution is 7.80. The van der Waals surface area contributed by atoms with Gasteiger partial charge in [0.25, 0.3) is 0 Å². The molecule has 0 aliphatic heterocycles. The summed E-state index contributed by atoms with van der Waals surface area (Å²) in [7, 11) is 6.54. The molecule has 39 heavy (non-hydrogen) atoms. The Morgan fingerprint density at radius 2 is 1.90 bits per heavy atom. The van der Waals surface area contributed by atoms with Crippen LogP contribution in [0.4, 0.5) is 26.7 Å². The van der Waals surface area contributed by atoms with E-state index in [1.807, 2.05) is 0 Å². The number of rotatable bonds is 7. The van der Waals surface area contributed by atoms with Crippen LogP contribution in [0.25, 0.3) is 22.4 Å². The van der Waals surface area contributed by atoms with E-state index in [0.717, 1.165) is 18.2 Å². The van der Waals surface area contributed by atoms with E-state index in [4.69, 9.17) is 29.2 Å². The van der Waals surface area contributed by atoms with Gasteiger partial charge in [-0.25, -0.2) is 18.7 Å². The Morgan fingerprint density at radius 1 is 1.15 bits per heavy atom. The largest absolute Gasteiger partial charge is 0.494 e. The molecule has 4 rings (SSSR count). The smallest absolute Gasteiger partial charge is 0.433 e. The number of oxazole rings is 1. The fraction of sp³-hybridized carbons (Fsp3) is 0.200. The van der Waals surface area contributed by atoms with Gasteiger partial charge >= 0.3 is 6.18 Å². The molecule has 2 aromatic heterocycles. The topological polar surface area (TPSA) is 89.3 Å². The lowest BCUT2D eigenvalue weighted by Gasteiger charge is -2.13. The molecule has 0 fully saturated rings. The summed E-state index contributed by atoms with van der Waals surface area (Å²) in [5, 5.41) is 5.50. The highest BCUT2D eigenvalue weighted by atomic mass is 32.1. The Kier molecular flexibility index (Phi) is 7.86. The van der Waals surface area contributed by atoms with Gasteiger partial charge in [0, 0.05) is 29.1 Å². The third-order valence-electron chi connectivity index (χ3n) is 5.64. The molecular formula is C25H18BF5N4O3S. The highest BCUT2D eigenvalue weighted by Gasteiger charge is 2.33. The average molecular weight is 560 g/mol. The average Bonchev–Trinajstić information content (AvgIpc) is 3.31. The number of ether oxygens (including phenoxy) is 1. The number of fused-ring (bicyclic) bond motifs is 1. The number of thiocarbonyl (C=S) groups is 1. The number of alkyl halides is 3. The second-order valence-corrected chi connectivity index (χ2v) is 8.69. The van der Waals surface area contributed by atoms with Gasteiger partial charge in [0.2, 0.25) is 13.7 Å². The van der Waals surface area contributed by atoms with Crippen LogP contribution in [0.3, 0.4) is 0 Å². The van der Waals surface area contributed by atoms with Gasteiger partial charge in [-0.2, -0.15) is 13.2 Å². The second-order valence-electron chi connectivity index (χ2n) is 8.29. The van der Waals surface area contributed by atoms with Gasteiger partial charge in [0.15, 0.2) is 11.6 Å². The minimum absolute atomic E-state index is 0.00264. The number of hydrogen-bond acceptors (Lipinski definition) is 6. The molecule has 0 saturated carbocycles. The maximum absolute atomic E-state index is 14.1. The van der Waals surface area contributed by atoms with E-state index in [2.05, 4.69) is 20.6 Å². The van der Waals surface area contributed by atoms with Crippen molar-refractivity contribution in [1.29, 1.82) is 0 Å². The summed E-state index contributed by atoms with van der Waals surface area (Å²) < 4.78 is 78.4. The van der Waals surface area contributed by atoms with E-state index in [1.54, 1.807) is 6.92 Å². The predicted octanol–water partition coefficient (Wildman–Crippen LogP) is 5.60. The molecule has 2 heterocycles. The molecule has 0 bridgehead atoms. The van der Waals surface area contributed by atoms with Crippen LogP contribution < -0.4 is 15.4 Å². The maximum atomic E-state index is 14.1. The Labute approximate surface area is 225 Å². The molecule has 0 spiro atoms. The zero-order chi connectivity index (χ0) is 28.5. The van der Waals surface area contributed by atoms with Crippen LogP contribution >= 0.6 is 12.2 Å². The number of pyridine rings is 1. The number of hydrogen-bond donors (Lipinski definition) is 2. The molecular weight excluding hydrogens is 542 g/mol. The fourth-order valence-corrected chi connectivity index (χ4v) is 4.03. The van der Waals surface area contributed by atoms with Crippen molar-refractivity contribution in [2.75, 3.05) is 7.11 Å². The van der Waals surface area contributed by atoms with Crippen molar-refractivity contribution in [3.8, 4) is 17.2 Å². The molecule has 1 amide bonds. The summed E-state index contributed by atoms with van der Waals surface area (Å²) in [6, 6.07) is 7.20. The number of halogens is 5. The van der Waals surface area contributed by atoms with Crippen LogP contribution in [0.2, 0.25) is 0 Å². The first kappa shape index (κ1) is 28.0. The van der Waals surface area contributed by atoms with E-state index < -0.39 is 35.4 Å². The van der Waals surface area contributed by atoms with Gasteiger partial charge in [-0.15, -0.1) is 0 Å². The number of carbonyl (C=O) groups excluding carboxylic acids is 1. The molecule has 1 atom stereocenters. The van der Waals surface area contributed by atoms with Crippen molar-refractivity contribution in [1.82, 2.24) is 20.6 Å². The minimum atomic E-state index is -4.68. The van der Waals surface area contributed by atoms with Crippen molar-refractivity contribution >= 4 is 41.8 Å². The lowest BCUT2D eigenvalue weighted by atomic mass is 10.1. The molecule has 2 radical (unpaired) electrons. The zero-order valence-electron chi connectivity index (χ0n) is 20.3. The lowest BCUT2D eigenvalue weighted by molar-refractivity contribution is -0.140. The summed E-state index contributed by atoms with van der Waals surface area (Å²) in [5.41, 5.74) is -0.746. The lowest BCUT2D eigenvalue weighted by Crippen LogP contribution is -2.28. The molecule has 0 saturated heterocycles. The van der Waals surface area contributed by atoms with E-state index in [9.17, 15) is 26.7 Å². The standard InChI is InChI=1S/C25H18BF5N4O3S/c1-11(33-24(26)36)21-20(23(39)32-10-12-3-4-13(27)9-16(12)28)35-22(38-21)15-5-7-17(37-2)19-14(15)6-8-18(34-19)25(29,30)31/h3-9,11H,10H2,1-2H3,(H,32,39)(H,33,36)/t11-/m0/s1. The normalized spacial score (nSPS) is 12.3. The van der Waals surface area contributed by atoms with E-state index in [-0.39, 0.29) is 56.7 Å². The third-order valence-corrected chi connectivity index (χ3v) is 5.97. The van der Waals surface area contributed by atoms with Crippen LogP contribution in [0.1, 0.15) is 35.7 Å². The van der Waals surface area contributed by atoms with Gasteiger partial charge in [-0.05, 0) is 37.3 Å². The first-order valence-corrected chi connectivity index (χ1v) is 11.6. The number of methoxy groups -OCH3 is 1. The Bertz CT molecular complexity index is 1580. The molecule has 2 N–H and O–H groups in total. The second kappa shape index (κ2) is 11.0. The molecule has 0 aliphatic rings. The van der Waals surface area contributed by atoms with Crippen LogP contribution in [0.15, 0.2) is 46.9 Å². The number of benzene rings is 2. The van der Waals surface area contributed by atoms with Crippen molar-refractivity contribution in [3.63, 3.8) is 0 Å². The number of nitrogens with one attached hydrogen (secondary N) is 2. The summed E-state index contributed by atoms with van der Waals surface area (Å²) in [6.07, 6.45) is -4.68. The first-order valence-electron chi connectivity index (χ1n) is 11.2. The molecule has 0 aliphatic carbocycles. The highest BCUT2D eigenvalue weighted by Crippen LogP contribution is 2.37. The van der Waals surface area contributed by atoms with Gasteiger partial charge in [-0.3, -0.25) is 4.79 Å². The SMILES string of the molecule is [B]C(=O)N[C@@H](C)c1oc(-c2ccc(OC)c3nc(C(F)(F)F)ccc23)nc1C(=S)NCc1ccc(F)cc1F. The van der Waals surface area contributed by atoms with Crippen LogP contribution in [-0.2, 0) is 12.7 Å². The maximum Gasteiger partial charge on any atom is 0.433 e. The monoisotopic (exact) mass is 560 g/mol. The minimum Gasteiger partial charge on any atom is -0.494 e. The quantitative estimate of drug-likeness (QED) is 0.173. The number of amides is 1. The summed E-state index contributed by atoms with van der Waals surface area (Å²) >= 11 is 5.43. The zero-order valence-corrected chi connectivity index (χ0v) is 21.1. The summed E-state index contributed by atoms with van der Waals surface area (Å²) in [4.78, 5) is 19.6. The molecule has 7 nitrogen and oxygen atoms in total. The van der Waals surface area contributed by atoms with Crippen LogP contribution in [0, 0.1) is 11.6 Å². The molecule has 2 aromatic carbocycles. The summed E-state index contributed by atoms with van der Waals surface area (Å²) in [5.74, 6) is -2.27. The molecule has 0 unspecified atom stereocenters. The van der Waals surface area contributed by atoms with Crippen molar-refractivity contribution in [3.05, 3.63) is 76.8 Å². The number of aromatic nitrogens is 2. The Morgan fingerprint density at radius 3 is 2.54 bits per heavy atom. The molecule has 14 heteroatoms. The van der Waals surface area contributed by atoms with E-state index in [1.165, 1.54) is 31.4 Å². The first-order chi connectivity index (χ1) is 18.4. The van der Waals surface area contributed by atoms with E-state index >= 15 is 0 Å². The number of nitrogens with zero attached hydrogens (tertiary/aromatic N) is 2. The van der Waals surface area contributed by atoms with Crippen molar-refractivity contribution in [2.45, 2.75) is 25.7 Å². The molecule has 200 valence electrons. The fourth-order valence-electron chi connectivity index (χ4n) is 3.81. The predicted molar refractivity (Wildman–Crippen MR) is 136 cm³/mol. The van der Waals surface area contributed by atoms with Gasteiger partial charge in [-0.1, -0.05) is 18.3 Å². The van der Waals surface area contributed by atoms with Crippen molar-refractivity contribution < 1.29 is 35.9 Å². The third kappa shape index (κ3) is 6.00. The number of carbonyl (C=O) groups is 1. The van der Waals surface area contributed by atoms with Gasteiger partial charge < -0.3 is 19.8 Å². The van der Waals surface area contributed by atoms with Crippen LogP contribution in [0.5, 0.6) is 5.75 Å². The van der Waals surface area contributed by atoms with Crippen LogP contribution in [-0.4, -0.2) is 35.7 Å². The molecule has 4 aromatic rings. The Hall–Kier alpha value is -4.07. The van der Waals surface area contributed by atoms with Gasteiger partial charge in [0.1, 0.15) is 39.3 Å². The van der Waals surface area contributed by atoms with E-state index in [0.29, 0.717) is 0 Å². The Balaban J connectivity index is 1.78. The summed E-state index contributed by atoms with van der Waals surface area (Å²) in [6.45, 7) is 1.42. The van der Waals surface area contributed by atoms with Gasteiger partial charge in [0.05, 0.1) is 13.2 Å².